The van der Waals surface area contributed by atoms with Gasteiger partial charge in [-0.05, 0) is 31.4 Å². The highest BCUT2D eigenvalue weighted by Gasteiger charge is 2.19. The highest BCUT2D eigenvalue weighted by Crippen LogP contribution is 2.32. The third-order valence-electron chi connectivity index (χ3n) is 4.13. The largest absolute Gasteiger partial charge is 0.366 e. The summed E-state index contributed by atoms with van der Waals surface area (Å²) < 4.78 is 2.11. The molecule has 0 bridgehead atoms. The molecule has 1 amide bonds. The lowest BCUT2D eigenvalue weighted by molar-refractivity contribution is 0.0999. The zero-order chi connectivity index (χ0) is 18.3. The predicted octanol–water partition coefficient (Wildman–Crippen LogP) is 4.56. The number of carbonyl (C=O) groups excluding carboxylic acids is 1. The first-order valence-corrected chi connectivity index (χ1v) is 10.6. The van der Waals surface area contributed by atoms with Crippen LogP contribution in [0.3, 0.4) is 0 Å². The van der Waals surface area contributed by atoms with Crippen molar-refractivity contribution in [2.75, 3.05) is 0 Å². The molecule has 0 aliphatic carbocycles. The molecule has 0 aliphatic rings. The van der Waals surface area contributed by atoms with Crippen LogP contribution in [0, 0.1) is 13.8 Å². The highest BCUT2D eigenvalue weighted by atomic mass is 32.1. The number of primary amides is 1. The summed E-state index contributed by atoms with van der Waals surface area (Å²) in [6.45, 7) is 4.60. The molecule has 2 N–H and O–H groups in total. The van der Waals surface area contributed by atoms with E-state index in [1.165, 1.54) is 4.88 Å². The molecule has 0 radical (unpaired) electrons. The van der Waals surface area contributed by atoms with Crippen LogP contribution < -0.4 is 5.73 Å². The van der Waals surface area contributed by atoms with Crippen LogP contribution in [0.2, 0.25) is 0 Å². The second-order valence-electron chi connectivity index (χ2n) is 5.85. The van der Waals surface area contributed by atoms with E-state index in [0.717, 1.165) is 32.8 Å². The van der Waals surface area contributed by atoms with Crippen LogP contribution in [0.5, 0.6) is 0 Å². The second kappa shape index (κ2) is 6.79. The number of aryl methyl sites for hydroxylation is 1. The lowest BCUT2D eigenvalue weighted by Crippen LogP contribution is -2.12. The molecule has 4 aromatic rings. The summed E-state index contributed by atoms with van der Waals surface area (Å²) in [5, 5.41) is 7.97. The van der Waals surface area contributed by atoms with E-state index in [-0.39, 0.29) is 0 Å². The van der Waals surface area contributed by atoms with Gasteiger partial charge in [0, 0.05) is 21.3 Å². The Balaban J connectivity index is 1.79. The van der Waals surface area contributed by atoms with E-state index in [2.05, 4.69) is 15.6 Å². The lowest BCUT2D eigenvalue weighted by Gasteiger charge is -2.09. The van der Waals surface area contributed by atoms with Crippen LogP contribution in [-0.2, 0) is 6.54 Å². The number of thiazole rings is 2. The molecule has 4 heterocycles. The normalized spacial score (nSPS) is 11.2. The fraction of sp³-hybridized carbons (Fsp3) is 0.167. The van der Waals surface area contributed by atoms with Crippen molar-refractivity contribution in [1.29, 1.82) is 0 Å². The fourth-order valence-electron chi connectivity index (χ4n) is 2.84. The molecule has 0 saturated heterocycles. The quantitative estimate of drug-likeness (QED) is 0.534. The van der Waals surface area contributed by atoms with Crippen LogP contribution in [0.1, 0.15) is 25.9 Å². The van der Waals surface area contributed by atoms with Gasteiger partial charge in [-0.3, -0.25) is 4.79 Å². The van der Waals surface area contributed by atoms with Gasteiger partial charge < -0.3 is 10.3 Å². The Kier molecular flexibility index (Phi) is 4.47. The molecule has 4 rings (SSSR count). The van der Waals surface area contributed by atoms with Crippen molar-refractivity contribution in [3.8, 4) is 22.1 Å². The summed E-state index contributed by atoms with van der Waals surface area (Å²) in [5.74, 6) is -0.417. The number of aromatic nitrogens is 3. The summed E-state index contributed by atoms with van der Waals surface area (Å²) in [6, 6.07) is 5.96. The minimum absolute atomic E-state index is 0.417. The van der Waals surface area contributed by atoms with Crippen molar-refractivity contribution >= 4 is 39.9 Å². The van der Waals surface area contributed by atoms with Crippen molar-refractivity contribution in [3.05, 3.63) is 55.5 Å². The average molecular weight is 401 g/mol. The average Bonchev–Trinajstić information content (AvgIpc) is 3.36. The number of nitrogens with zero attached hydrogens (tertiary/aromatic N) is 3. The van der Waals surface area contributed by atoms with Gasteiger partial charge in [-0.2, -0.15) is 0 Å². The highest BCUT2D eigenvalue weighted by molar-refractivity contribution is 7.14. The Morgan fingerprint density at radius 2 is 1.96 bits per heavy atom. The summed E-state index contributed by atoms with van der Waals surface area (Å²) in [5.41, 5.74) is 9.60. The monoisotopic (exact) mass is 400 g/mol. The van der Waals surface area contributed by atoms with Gasteiger partial charge in [0.25, 0.3) is 5.91 Å². The van der Waals surface area contributed by atoms with Crippen molar-refractivity contribution in [3.63, 3.8) is 0 Å². The molecule has 0 spiro atoms. The zero-order valence-corrected chi connectivity index (χ0v) is 16.7. The molecule has 0 atom stereocenters. The van der Waals surface area contributed by atoms with Crippen LogP contribution >= 0.6 is 34.0 Å². The van der Waals surface area contributed by atoms with Gasteiger partial charge in [-0.1, -0.05) is 6.07 Å². The Bertz CT molecular complexity index is 1070. The number of thiophene rings is 1. The molecule has 4 aromatic heterocycles. The molecular formula is C18H16N4OS3. The van der Waals surface area contributed by atoms with Gasteiger partial charge in [-0.15, -0.1) is 34.0 Å². The number of amides is 1. The molecule has 0 aliphatic heterocycles. The van der Waals surface area contributed by atoms with E-state index >= 15 is 0 Å². The Labute approximate surface area is 162 Å². The molecule has 0 saturated carbocycles. The summed E-state index contributed by atoms with van der Waals surface area (Å²) in [7, 11) is 0. The SMILES string of the molecule is Cc1nc(-c2nc(-c3cc(C(N)=O)c(C)n3Cc3cccs3)cs2)cs1. The summed E-state index contributed by atoms with van der Waals surface area (Å²) >= 11 is 4.86. The van der Waals surface area contributed by atoms with Crippen molar-refractivity contribution in [2.24, 2.45) is 5.73 Å². The second-order valence-corrected chi connectivity index (χ2v) is 8.80. The summed E-state index contributed by atoms with van der Waals surface area (Å²) in [4.78, 5) is 22.3. The first-order valence-electron chi connectivity index (χ1n) is 7.93. The predicted molar refractivity (Wildman–Crippen MR) is 108 cm³/mol. The molecular weight excluding hydrogens is 384 g/mol. The van der Waals surface area contributed by atoms with E-state index in [9.17, 15) is 4.79 Å². The van der Waals surface area contributed by atoms with E-state index in [1.54, 1.807) is 34.0 Å². The Morgan fingerprint density at radius 1 is 1.15 bits per heavy atom. The first-order chi connectivity index (χ1) is 12.5. The van der Waals surface area contributed by atoms with Crippen LogP contribution in [-0.4, -0.2) is 20.4 Å². The van der Waals surface area contributed by atoms with Gasteiger partial charge in [0.2, 0.25) is 0 Å². The lowest BCUT2D eigenvalue weighted by atomic mass is 10.2. The third-order valence-corrected chi connectivity index (χ3v) is 6.63. The molecule has 0 aromatic carbocycles. The Hall–Kier alpha value is -2.29. The number of carbonyl (C=O) groups is 1. The number of rotatable bonds is 5. The molecule has 0 fully saturated rings. The van der Waals surface area contributed by atoms with Crippen molar-refractivity contribution in [1.82, 2.24) is 14.5 Å². The number of hydrogen-bond acceptors (Lipinski definition) is 6. The van der Waals surface area contributed by atoms with E-state index in [0.29, 0.717) is 12.1 Å². The smallest absolute Gasteiger partial charge is 0.250 e. The third kappa shape index (κ3) is 3.11. The van der Waals surface area contributed by atoms with E-state index in [1.807, 2.05) is 42.1 Å². The molecule has 5 nitrogen and oxygen atoms in total. The van der Waals surface area contributed by atoms with Crippen molar-refractivity contribution in [2.45, 2.75) is 20.4 Å². The first kappa shape index (κ1) is 17.1. The van der Waals surface area contributed by atoms with Crippen molar-refractivity contribution < 1.29 is 4.79 Å². The van der Waals surface area contributed by atoms with Gasteiger partial charge >= 0.3 is 0 Å². The van der Waals surface area contributed by atoms with Gasteiger partial charge in [0.15, 0.2) is 0 Å². The topological polar surface area (TPSA) is 73.8 Å². The summed E-state index contributed by atoms with van der Waals surface area (Å²) in [6.07, 6.45) is 0. The molecule has 26 heavy (non-hydrogen) atoms. The maximum Gasteiger partial charge on any atom is 0.250 e. The molecule has 8 heteroatoms. The molecule has 0 unspecified atom stereocenters. The van der Waals surface area contributed by atoms with E-state index in [4.69, 9.17) is 10.7 Å². The zero-order valence-electron chi connectivity index (χ0n) is 14.2. The number of nitrogens with two attached hydrogens (primary N) is 1. The standard InChI is InChI=1S/C18H16N4OS3/c1-10-13(17(19)23)6-16(22(10)7-12-4-3-5-24-12)14-8-26-18(21-14)15-9-25-11(2)20-15/h3-6,8-9H,7H2,1-2H3,(H2,19,23). The van der Waals surface area contributed by atoms with Crippen LogP contribution in [0.25, 0.3) is 22.1 Å². The fourth-order valence-corrected chi connectivity index (χ4v) is 4.98. The Morgan fingerprint density at radius 3 is 2.62 bits per heavy atom. The van der Waals surface area contributed by atoms with Crippen LogP contribution in [0.4, 0.5) is 0 Å². The minimum Gasteiger partial charge on any atom is -0.366 e. The van der Waals surface area contributed by atoms with Gasteiger partial charge in [-0.25, -0.2) is 9.97 Å². The maximum absolute atomic E-state index is 11.8. The van der Waals surface area contributed by atoms with E-state index < -0.39 is 5.91 Å². The van der Waals surface area contributed by atoms with Gasteiger partial charge in [0.05, 0.1) is 28.5 Å². The van der Waals surface area contributed by atoms with Gasteiger partial charge in [0.1, 0.15) is 10.7 Å². The van der Waals surface area contributed by atoms with Crippen LogP contribution in [0.15, 0.2) is 34.3 Å². The molecule has 132 valence electrons. The minimum atomic E-state index is -0.417. The number of hydrogen-bond donors (Lipinski definition) is 1. The maximum atomic E-state index is 11.8.